The van der Waals surface area contributed by atoms with Gasteiger partial charge in [-0.2, -0.15) is 18.2 Å². The fraction of sp³-hybridized carbons (Fsp3) is 0.560. The van der Waals surface area contributed by atoms with Crippen molar-refractivity contribution in [2.24, 2.45) is 0 Å². The minimum atomic E-state index is -4.54. The van der Waals surface area contributed by atoms with E-state index in [9.17, 15) is 22.8 Å². The number of methoxy groups -OCH3 is 1. The van der Waals surface area contributed by atoms with Crippen molar-refractivity contribution in [3.63, 3.8) is 0 Å². The van der Waals surface area contributed by atoms with Crippen molar-refractivity contribution in [1.82, 2.24) is 14.5 Å². The molecule has 0 spiro atoms. The van der Waals surface area contributed by atoms with Gasteiger partial charge in [0.25, 0.3) is 0 Å². The van der Waals surface area contributed by atoms with Crippen LogP contribution in [-0.2, 0) is 30.4 Å². The van der Waals surface area contributed by atoms with Crippen LogP contribution < -0.4 is 15.7 Å². The lowest BCUT2D eigenvalue weighted by atomic mass is 9.97. The Labute approximate surface area is 213 Å². The van der Waals surface area contributed by atoms with Gasteiger partial charge in [-0.3, -0.25) is 9.36 Å². The maximum Gasteiger partial charge on any atom is 0.416 e. The van der Waals surface area contributed by atoms with E-state index < -0.39 is 17.6 Å². The molecule has 3 rings (SSSR count). The normalized spacial score (nSPS) is 13.5. The van der Waals surface area contributed by atoms with Crippen LogP contribution in [0.4, 0.5) is 18.9 Å². The summed E-state index contributed by atoms with van der Waals surface area (Å²) in [4.78, 5) is 32.1. The van der Waals surface area contributed by atoms with Gasteiger partial charge in [-0.05, 0) is 69.9 Å². The molecule has 36 heavy (non-hydrogen) atoms. The lowest BCUT2D eigenvalue weighted by Crippen LogP contribution is -2.32. The molecule has 1 aromatic heterocycles. The van der Waals surface area contributed by atoms with Gasteiger partial charge in [0.2, 0.25) is 5.91 Å². The van der Waals surface area contributed by atoms with Crippen molar-refractivity contribution in [1.29, 1.82) is 0 Å². The summed E-state index contributed by atoms with van der Waals surface area (Å²) in [6.07, 6.45) is -0.147. The third-order valence-corrected chi connectivity index (χ3v) is 7.36. The summed E-state index contributed by atoms with van der Waals surface area (Å²) in [5.74, 6) is -0.471. The summed E-state index contributed by atoms with van der Waals surface area (Å²) in [7, 11) is 1.32. The number of alkyl halides is 3. The van der Waals surface area contributed by atoms with Crippen LogP contribution in [0.3, 0.4) is 0 Å². The smallest absolute Gasteiger partial charge is 0.416 e. The zero-order valence-corrected chi connectivity index (χ0v) is 21.7. The second kappa shape index (κ2) is 12.6. The SMILES string of the molecule is CCN(CC)CCCn1c2c(c(SCC(=O)Nc3cc(C(F)(F)F)ccc3OC)nc1=O)CCCC2. The molecule has 1 amide bonds. The fourth-order valence-electron chi connectivity index (χ4n) is 4.39. The summed E-state index contributed by atoms with van der Waals surface area (Å²) in [5, 5.41) is 3.03. The maximum atomic E-state index is 13.1. The van der Waals surface area contributed by atoms with Crippen LogP contribution in [-0.4, -0.2) is 52.9 Å². The molecule has 0 unspecified atom stereocenters. The Morgan fingerprint density at radius 3 is 2.61 bits per heavy atom. The number of halogens is 3. The summed E-state index contributed by atoms with van der Waals surface area (Å²) in [6.45, 7) is 7.67. The highest BCUT2D eigenvalue weighted by molar-refractivity contribution is 8.00. The average Bonchev–Trinajstić information content (AvgIpc) is 2.86. The van der Waals surface area contributed by atoms with Gasteiger partial charge in [0.15, 0.2) is 0 Å². The molecule has 1 heterocycles. The summed E-state index contributed by atoms with van der Waals surface area (Å²) in [5.41, 5.74) is 0.724. The fourth-order valence-corrected chi connectivity index (χ4v) is 5.27. The van der Waals surface area contributed by atoms with Gasteiger partial charge in [-0.25, -0.2) is 4.79 Å². The molecule has 0 bridgehead atoms. The van der Waals surface area contributed by atoms with Gasteiger partial charge in [0, 0.05) is 17.8 Å². The van der Waals surface area contributed by atoms with Crippen molar-refractivity contribution >= 4 is 23.4 Å². The van der Waals surface area contributed by atoms with Crippen LogP contribution in [0, 0.1) is 0 Å². The van der Waals surface area contributed by atoms with E-state index in [1.54, 1.807) is 4.57 Å². The Balaban J connectivity index is 1.73. The van der Waals surface area contributed by atoms with E-state index in [-0.39, 0.29) is 22.9 Å². The third-order valence-electron chi connectivity index (χ3n) is 6.34. The minimum absolute atomic E-state index is 0.0588. The number of aromatic nitrogens is 2. The minimum Gasteiger partial charge on any atom is -0.495 e. The van der Waals surface area contributed by atoms with Crippen molar-refractivity contribution in [3.8, 4) is 5.75 Å². The largest absolute Gasteiger partial charge is 0.495 e. The molecular formula is C25H33F3N4O3S. The number of carbonyl (C=O) groups excluding carboxylic acids is 1. The predicted octanol–water partition coefficient (Wildman–Crippen LogP) is 4.61. The second-order valence-corrected chi connectivity index (χ2v) is 9.58. The monoisotopic (exact) mass is 526 g/mol. The second-order valence-electron chi connectivity index (χ2n) is 8.61. The molecule has 1 aromatic carbocycles. The molecule has 0 atom stereocenters. The topological polar surface area (TPSA) is 76.5 Å². The molecule has 11 heteroatoms. The Bertz CT molecular complexity index is 1120. The number of nitrogens with zero attached hydrogens (tertiary/aromatic N) is 3. The number of ether oxygens (including phenoxy) is 1. The van der Waals surface area contributed by atoms with Gasteiger partial charge in [0.05, 0.1) is 24.1 Å². The maximum absolute atomic E-state index is 13.1. The molecule has 0 saturated heterocycles. The number of hydrogen-bond acceptors (Lipinski definition) is 6. The first kappa shape index (κ1) is 28.0. The van der Waals surface area contributed by atoms with Gasteiger partial charge >= 0.3 is 11.9 Å². The van der Waals surface area contributed by atoms with Gasteiger partial charge < -0.3 is 15.0 Å². The number of carbonyl (C=O) groups is 1. The third kappa shape index (κ3) is 7.03. The highest BCUT2D eigenvalue weighted by Crippen LogP contribution is 2.35. The van der Waals surface area contributed by atoms with Gasteiger partial charge in [-0.15, -0.1) is 0 Å². The Kier molecular flexibility index (Phi) is 9.84. The molecule has 1 aliphatic rings. The molecular weight excluding hydrogens is 493 g/mol. The van der Waals surface area contributed by atoms with Crippen molar-refractivity contribution in [2.45, 2.75) is 63.7 Å². The van der Waals surface area contributed by atoms with Crippen LogP contribution in [0.15, 0.2) is 28.0 Å². The standard InChI is InChI=1S/C25H33F3N4O3S/c1-4-31(5-2)13-8-14-32-20-10-7-6-9-18(20)23(30-24(32)34)36-16-22(33)29-19-15-17(25(26,27)28)11-12-21(19)35-3/h11-12,15H,4-10,13-14,16H2,1-3H3,(H,29,33). The highest BCUT2D eigenvalue weighted by atomic mass is 32.2. The number of thioether (sulfide) groups is 1. The zero-order chi connectivity index (χ0) is 26.3. The number of fused-ring (bicyclic) bond motifs is 1. The number of rotatable bonds is 11. The van der Waals surface area contributed by atoms with E-state index in [2.05, 4.69) is 29.0 Å². The van der Waals surface area contributed by atoms with E-state index >= 15 is 0 Å². The predicted molar refractivity (Wildman–Crippen MR) is 135 cm³/mol. The van der Waals surface area contributed by atoms with Gasteiger partial charge in [-0.1, -0.05) is 25.6 Å². The van der Waals surface area contributed by atoms with E-state index in [0.717, 1.165) is 86.9 Å². The summed E-state index contributed by atoms with van der Waals surface area (Å²) >= 11 is 1.14. The molecule has 2 aromatic rings. The molecule has 0 radical (unpaired) electrons. The molecule has 0 aliphatic heterocycles. The molecule has 1 aliphatic carbocycles. The van der Waals surface area contributed by atoms with E-state index in [1.165, 1.54) is 13.2 Å². The first-order valence-corrected chi connectivity index (χ1v) is 13.2. The first-order chi connectivity index (χ1) is 17.2. The van der Waals surface area contributed by atoms with Crippen LogP contribution in [0.1, 0.15) is 49.9 Å². The highest BCUT2D eigenvalue weighted by Gasteiger charge is 2.31. The molecule has 198 valence electrons. The zero-order valence-electron chi connectivity index (χ0n) is 20.9. The first-order valence-electron chi connectivity index (χ1n) is 12.2. The van der Waals surface area contributed by atoms with Crippen molar-refractivity contribution in [2.75, 3.05) is 37.8 Å². The van der Waals surface area contributed by atoms with Gasteiger partial charge in [0.1, 0.15) is 10.8 Å². The van der Waals surface area contributed by atoms with Crippen LogP contribution >= 0.6 is 11.8 Å². The van der Waals surface area contributed by atoms with Crippen molar-refractivity contribution in [3.05, 3.63) is 45.5 Å². The Morgan fingerprint density at radius 1 is 1.22 bits per heavy atom. The Hall–Kier alpha value is -2.53. The lowest BCUT2D eigenvalue weighted by Gasteiger charge is -2.24. The molecule has 0 fully saturated rings. The van der Waals surface area contributed by atoms with Crippen LogP contribution in [0.25, 0.3) is 0 Å². The number of anilines is 1. The van der Waals surface area contributed by atoms with Crippen LogP contribution in [0.5, 0.6) is 5.75 Å². The Morgan fingerprint density at radius 2 is 1.94 bits per heavy atom. The number of benzene rings is 1. The van der Waals surface area contributed by atoms with Crippen LogP contribution in [0.2, 0.25) is 0 Å². The summed E-state index contributed by atoms with van der Waals surface area (Å²) < 4.78 is 46.1. The quantitative estimate of drug-likeness (QED) is 0.340. The number of amides is 1. The number of hydrogen-bond donors (Lipinski definition) is 1. The number of nitrogens with one attached hydrogen (secondary N) is 1. The molecule has 7 nitrogen and oxygen atoms in total. The van der Waals surface area contributed by atoms with E-state index in [1.807, 2.05) is 0 Å². The molecule has 1 N–H and O–H groups in total. The summed E-state index contributed by atoms with van der Waals surface area (Å²) in [6, 6.07) is 2.92. The van der Waals surface area contributed by atoms with E-state index in [4.69, 9.17) is 4.74 Å². The van der Waals surface area contributed by atoms with E-state index in [0.29, 0.717) is 11.6 Å². The average molecular weight is 527 g/mol. The van der Waals surface area contributed by atoms with Crippen molar-refractivity contribution < 1.29 is 22.7 Å². The lowest BCUT2D eigenvalue weighted by molar-refractivity contribution is -0.137. The molecule has 0 saturated carbocycles.